The Hall–Kier alpha value is -1.57. The minimum Gasteiger partial charge on any atom is -0.395 e. The normalized spacial score (nSPS) is 11.7. The molecular formula is C11H16F3N3O2. The minimum absolute atomic E-state index is 0.0951. The SMILES string of the molecule is CCn1nc(C)cc1C(=O)N(CCO)CC(F)(F)F. The number of rotatable bonds is 5. The number of halogens is 3. The molecule has 1 rings (SSSR count). The molecule has 0 aliphatic rings. The molecule has 0 atom stereocenters. The number of aromatic nitrogens is 2. The molecule has 19 heavy (non-hydrogen) atoms. The molecule has 0 saturated carbocycles. The van der Waals surface area contributed by atoms with Gasteiger partial charge in [0.1, 0.15) is 12.2 Å². The highest BCUT2D eigenvalue weighted by molar-refractivity contribution is 5.92. The van der Waals surface area contributed by atoms with Gasteiger partial charge in [0.05, 0.1) is 12.3 Å². The van der Waals surface area contributed by atoms with Crippen LogP contribution < -0.4 is 0 Å². The smallest absolute Gasteiger partial charge is 0.395 e. The topological polar surface area (TPSA) is 58.4 Å². The predicted octanol–water partition coefficient (Wildman–Crippen LogP) is 1.21. The van der Waals surface area contributed by atoms with Gasteiger partial charge in [0.25, 0.3) is 5.91 Å². The molecule has 0 spiro atoms. The third-order valence-corrected chi connectivity index (χ3v) is 2.45. The first-order valence-corrected chi connectivity index (χ1v) is 5.79. The lowest BCUT2D eigenvalue weighted by Gasteiger charge is -2.23. The van der Waals surface area contributed by atoms with E-state index in [9.17, 15) is 18.0 Å². The lowest BCUT2D eigenvalue weighted by Crippen LogP contribution is -2.41. The van der Waals surface area contributed by atoms with Crippen molar-refractivity contribution in [3.63, 3.8) is 0 Å². The molecule has 0 aliphatic carbocycles. The van der Waals surface area contributed by atoms with Crippen molar-refractivity contribution < 1.29 is 23.1 Å². The zero-order chi connectivity index (χ0) is 14.6. The first kappa shape index (κ1) is 15.5. The van der Waals surface area contributed by atoms with E-state index in [-0.39, 0.29) is 12.2 Å². The van der Waals surface area contributed by atoms with Gasteiger partial charge in [-0.2, -0.15) is 18.3 Å². The second-order valence-corrected chi connectivity index (χ2v) is 4.05. The van der Waals surface area contributed by atoms with Crippen LogP contribution in [0.3, 0.4) is 0 Å². The van der Waals surface area contributed by atoms with Gasteiger partial charge >= 0.3 is 6.18 Å². The maximum atomic E-state index is 12.4. The van der Waals surface area contributed by atoms with Crippen LogP contribution in [0, 0.1) is 6.92 Å². The van der Waals surface area contributed by atoms with Gasteiger partial charge in [-0.05, 0) is 19.9 Å². The lowest BCUT2D eigenvalue weighted by atomic mass is 10.3. The molecule has 108 valence electrons. The Kier molecular flexibility index (Phi) is 4.93. The molecule has 8 heteroatoms. The van der Waals surface area contributed by atoms with Crippen molar-refractivity contribution in [2.45, 2.75) is 26.6 Å². The van der Waals surface area contributed by atoms with Gasteiger partial charge in [0.15, 0.2) is 0 Å². The average Bonchev–Trinajstić information content (AvgIpc) is 2.67. The van der Waals surface area contributed by atoms with Crippen LogP contribution in [-0.4, -0.2) is 51.6 Å². The molecule has 0 fully saturated rings. The van der Waals surface area contributed by atoms with Crippen LogP contribution in [0.5, 0.6) is 0 Å². The lowest BCUT2D eigenvalue weighted by molar-refractivity contribution is -0.141. The second-order valence-electron chi connectivity index (χ2n) is 4.05. The highest BCUT2D eigenvalue weighted by Crippen LogP contribution is 2.18. The number of nitrogens with zero attached hydrogens (tertiary/aromatic N) is 3. The van der Waals surface area contributed by atoms with Crippen molar-refractivity contribution in [3.8, 4) is 0 Å². The largest absolute Gasteiger partial charge is 0.406 e. The van der Waals surface area contributed by atoms with Gasteiger partial charge < -0.3 is 10.0 Å². The zero-order valence-electron chi connectivity index (χ0n) is 10.7. The maximum absolute atomic E-state index is 12.4. The summed E-state index contributed by atoms with van der Waals surface area (Å²) in [5.41, 5.74) is 0.652. The first-order valence-electron chi connectivity index (χ1n) is 5.79. The molecule has 0 saturated heterocycles. The van der Waals surface area contributed by atoms with Gasteiger partial charge in [-0.25, -0.2) is 0 Å². The van der Waals surface area contributed by atoms with Crippen LogP contribution >= 0.6 is 0 Å². The van der Waals surface area contributed by atoms with Crippen LogP contribution in [0.15, 0.2) is 6.07 Å². The van der Waals surface area contributed by atoms with Crippen molar-refractivity contribution in [1.82, 2.24) is 14.7 Å². The number of hydrogen-bond acceptors (Lipinski definition) is 3. The fraction of sp³-hybridized carbons (Fsp3) is 0.636. The van der Waals surface area contributed by atoms with Crippen molar-refractivity contribution >= 4 is 5.91 Å². The number of hydrogen-bond donors (Lipinski definition) is 1. The van der Waals surface area contributed by atoms with Crippen LogP contribution in [0.25, 0.3) is 0 Å². The average molecular weight is 279 g/mol. The van der Waals surface area contributed by atoms with Crippen LogP contribution in [0.4, 0.5) is 13.2 Å². The molecule has 0 aromatic carbocycles. The molecule has 0 aliphatic heterocycles. The fourth-order valence-corrected chi connectivity index (χ4v) is 1.71. The quantitative estimate of drug-likeness (QED) is 0.881. The third kappa shape index (κ3) is 4.23. The molecule has 1 heterocycles. The number of carbonyl (C=O) groups is 1. The summed E-state index contributed by atoms with van der Waals surface area (Å²) < 4.78 is 38.5. The summed E-state index contributed by atoms with van der Waals surface area (Å²) in [5.74, 6) is -0.783. The number of aliphatic hydroxyl groups is 1. The molecule has 1 aromatic rings. The summed E-state index contributed by atoms with van der Waals surface area (Å²) in [6.45, 7) is 1.49. The summed E-state index contributed by atoms with van der Waals surface area (Å²) in [6.07, 6.45) is -4.50. The predicted molar refractivity (Wildman–Crippen MR) is 61.7 cm³/mol. The van der Waals surface area contributed by atoms with Gasteiger partial charge in [-0.15, -0.1) is 0 Å². The van der Waals surface area contributed by atoms with E-state index in [0.717, 1.165) is 0 Å². The first-order chi connectivity index (χ1) is 8.78. The van der Waals surface area contributed by atoms with Gasteiger partial charge in [0, 0.05) is 13.1 Å². The molecule has 0 radical (unpaired) electrons. The van der Waals surface area contributed by atoms with E-state index in [2.05, 4.69) is 5.10 Å². The summed E-state index contributed by atoms with van der Waals surface area (Å²) in [6, 6.07) is 1.44. The van der Waals surface area contributed by atoms with Crippen LogP contribution in [0.2, 0.25) is 0 Å². The Bertz CT molecular complexity index is 443. The Morgan fingerprint density at radius 1 is 1.53 bits per heavy atom. The van der Waals surface area contributed by atoms with Gasteiger partial charge in [-0.1, -0.05) is 0 Å². The molecule has 1 aromatic heterocycles. The van der Waals surface area contributed by atoms with Crippen LogP contribution in [0.1, 0.15) is 23.1 Å². The Labute approximate surface area is 108 Å². The van der Waals surface area contributed by atoms with Crippen molar-refractivity contribution in [2.75, 3.05) is 19.7 Å². The number of amides is 1. The van der Waals surface area contributed by atoms with E-state index in [0.29, 0.717) is 17.1 Å². The second kappa shape index (κ2) is 6.05. The van der Waals surface area contributed by atoms with Crippen molar-refractivity contribution in [2.24, 2.45) is 0 Å². The molecule has 0 bridgehead atoms. The van der Waals surface area contributed by atoms with Gasteiger partial charge in [-0.3, -0.25) is 9.48 Å². The maximum Gasteiger partial charge on any atom is 0.406 e. The van der Waals surface area contributed by atoms with Crippen molar-refractivity contribution in [3.05, 3.63) is 17.5 Å². The summed E-state index contributed by atoms with van der Waals surface area (Å²) in [7, 11) is 0. The van der Waals surface area contributed by atoms with E-state index < -0.39 is 25.2 Å². The van der Waals surface area contributed by atoms with E-state index in [1.54, 1.807) is 13.8 Å². The fourth-order valence-electron chi connectivity index (χ4n) is 1.71. The number of carbonyl (C=O) groups excluding carboxylic acids is 1. The molecular weight excluding hydrogens is 263 g/mol. The van der Waals surface area contributed by atoms with E-state index in [1.807, 2.05) is 0 Å². The number of aliphatic hydroxyl groups excluding tert-OH is 1. The summed E-state index contributed by atoms with van der Waals surface area (Å²) in [5, 5.41) is 12.8. The molecule has 1 N–H and O–H groups in total. The molecule has 5 nitrogen and oxygen atoms in total. The van der Waals surface area contributed by atoms with Gasteiger partial charge in [0.2, 0.25) is 0 Å². The summed E-state index contributed by atoms with van der Waals surface area (Å²) in [4.78, 5) is 12.6. The Balaban J connectivity index is 2.98. The Morgan fingerprint density at radius 2 is 2.16 bits per heavy atom. The standard InChI is InChI=1S/C11H16F3N3O2/c1-3-17-9(6-8(2)15-17)10(19)16(4-5-18)7-11(12,13)14/h6,18H,3-5,7H2,1-2H3. The van der Waals surface area contributed by atoms with Crippen molar-refractivity contribution in [1.29, 1.82) is 0 Å². The van der Waals surface area contributed by atoms with E-state index >= 15 is 0 Å². The number of alkyl halides is 3. The highest BCUT2D eigenvalue weighted by atomic mass is 19.4. The molecule has 1 amide bonds. The minimum atomic E-state index is -4.50. The Morgan fingerprint density at radius 3 is 2.63 bits per heavy atom. The summed E-state index contributed by atoms with van der Waals surface area (Å²) >= 11 is 0. The molecule has 0 unspecified atom stereocenters. The van der Waals surface area contributed by atoms with E-state index in [1.165, 1.54) is 10.7 Å². The highest BCUT2D eigenvalue weighted by Gasteiger charge is 2.34. The zero-order valence-corrected chi connectivity index (χ0v) is 10.7. The monoisotopic (exact) mass is 279 g/mol. The van der Waals surface area contributed by atoms with Crippen LogP contribution in [-0.2, 0) is 6.54 Å². The third-order valence-electron chi connectivity index (χ3n) is 2.45. The van der Waals surface area contributed by atoms with E-state index in [4.69, 9.17) is 5.11 Å². The number of aryl methyl sites for hydroxylation is 2.